The highest BCUT2D eigenvalue weighted by Gasteiger charge is 2.18. The Morgan fingerprint density at radius 2 is 2.09 bits per heavy atom. The lowest BCUT2D eigenvalue weighted by atomic mass is 10.2. The maximum Gasteiger partial charge on any atom is 0.407 e. The largest absolute Gasteiger partial charge is 0.497 e. The van der Waals surface area contributed by atoms with Gasteiger partial charge in [0.1, 0.15) is 11.4 Å². The van der Waals surface area contributed by atoms with Crippen molar-refractivity contribution in [1.29, 1.82) is 0 Å². The molecule has 1 unspecified atom stereocenters. The SMILES string of the molecule is COc1ccc2c(C)nn(CC(C)NC(=O)OC(C)(C)C)c2c1. The highest BCUT2D eigenvalue weighted by Crippen LogP contribution is 2.23. The molecule has 2 aromatic rings. The second kappa shape index (κ2) is 6.48. The summed E-state index contributed by atoms with van der Waals surface area (Å²) in [6.07, 6.45) is -0.421. The molecule has 126 valence electrons. The number of benzene rings is 1. The van der Waals surface area contributed by atoms with Crippen molar-refractivity contribution in [2.45, 2.75) is 52.8 Å². The minimum atomic E-state index is -0.508. The molecule has 1 heterocycles. The minimum absolute atomic E-state index is 0.112. The van der Waals surface area contributed by atoms with Gasteiger partial charge in [-0.05, 0) is 46.8 Å². The molecule has 0 saturated heterocycles. The molecule has 0 radical (unpaired) electrons. The van der Waals surface area contributed by atoms with Gasteiger partial charge < -0.3 is 14.8 Å². The lowest BCUT2D eigenvalue weighted by Crippen LogP contribution is -2.39. The van der Waals surface area contributed by atoms with Crippen molar-refractivity contribution in [1.82, 2.24) is 15.1 Å². The number of rotatable bonds is 4. The zero-order valence-electron chi connectivity index (χ0n) is 14.6. The predicted molar refractivity (Wildman–Crippen MR) is 89.9 cm³/mol. The summed E-state index contributed by atoms with van der Waals surface area (Å²) in [6, 6.07) is 5.76. The van der Waals surface area contributed by atoms with E-state index in [1.807, 2.05) is 57.5 Å². The van der Waals surface area contributed by atoms with Gasteiger partial charge >= 0.3 is 6.09 Å². The highest BCUT2D eigenvalue weighted by molar-refractivity contribution is 5.83. The van der Waals surface area contributed by atoms with E-state index >= 15 is 0 Å². The molecule has 1 atom stereocenters. The number of alkyl carbamates (subject to hydrolysis) is 1. The van der Waals surface area contributed by atoms with E-state index < -0.39 is 11.7 Å². The van der Waals surface area contributed by atoms with Crippen LogP contribution in [0.1, 0.15) is 33.4 Å². The Labute approximate surface area is 136 Å². The Balaban J connectivity index is 2.13. The fraction of sp³-hybridized carbons (Fsp3) is 0.529. The average Bonchev–Trinajstić information content (AvgIpc) is 2.72. The number of nitrogens with zero attached hydrogens (tertiary/aromatic N) is 2. The van der Waals surface area contributed by atoms with Gasteiger partial charge in [-0.15, -0.1) is 0 Å². The number of aromatic nitrogens is 2. The van der Waals surface area contributed by atoms with Crippen molar-refractivity contribution in [3.63, 3.8) is 0 Å². The number of methoxy groups -OCH3 is 1. The summed E-state index contributed by atoms with van der Waals surface area (Å²) in [5.74, 6) is 0.784. The maximum absolute atomic E-state index is 11.8. The van der Waals surface area contributed by atoms with Crippen molar-refractivity contribution in [2.24, 2.45) is 0 Å². The van der Waals surface area contributed by atoms with Crippen LogP contribution in [0, 0.1) is 6.92 Å². The molecule has 0 aliphatic carbocycles. The number of hydrogen-bond acceptors (Lipinski definition) is 4. The molecule has 1 N–H and O–H groups in total. The third kappa shape index (κ3) is 4.37. The van der Waals surface area contributed by atoms with Crippen LogP contribution in [0.3, 0.4) is 0 Å². The molecule has 0 saturated carbocycles. The van der Waals surface area contributed by atoms with E-state index in [-0.39, 0.29) is 6.04 Å². The van der Waals surface area contributed by atoms with Crippen molar-refractivity contribution < 1.29 is 14.3 Å². The summed E-state index contributed by atoms with van der Waals surface area (Å²) in [4.78, 5) is 11.8. The van der Waals surface area contributed by atoms with E-state index in [1.165, 1.54) is 0 Å². The quantitative estimate of drug-likeness (QED) is 0.939. The van der Waals surface area contributed by atoms with Gasteiger partial charge in [0.05, 0.1) is 24.9 Å². The fourth-order valence-electron chi connectivity index (χ4n) is 2.40. The summed E-state index contributed by atoms with van der Waals surface area (Å²) in [7, 11) is 1.64. The Hall–Kier alpha value is -2.24. The van der Waals surface area contributed by atoms with Crippen molar-refractivity contribution >= 4 is 17.0 Å². The Morgan fingerprint density at radius 3 is 2.70 bits per heavy atom. The van der Waals surface area contributed by atoms with Gasteiger partial charge in [-0.3, -0.25) is 4.68 Å². The molecule has 1 amide bonds. The lowest BCUT2D eigenvalue weighted by molar-refractivity contribution is 0.0504. The second-order valence-electron chi connectivity index (χ2n) is 6.70. The summed E-state index contributed by atoms with van der Waals surface area (Å²) in [5.41, 5.74) is 1.43. The molecule has 6 nitrogen and oxygen atoms in total. The molecule has 0 fully saturated rings. The van der Waals surface area contributed by atoms with Crippen LogP contribution in [0.5, 0.6) is 5.75 Å². The molecule has 0 bridgehead atoms. The van der Waals surface area contributed by atoms with Gasteiger partial charge in [-0.2, -0.15) is 5.10 Å². The maximum atomic E-state index is 11.8. The van der Waals surface area contributed by atoms with Gasteiger partial charge in [0.15, 0.2) is 0 Å². The monoisotopic (exact) mass is 319 g/mol. The Morgan fingerprint density at radius 1 is 1.39 bits per heavy atom. The van der Waals surface area contributed by atoms with Crippen LogP contribution in [0.25, 0.3) is 10.9 Å². The molecule has 23 heavy (non-hydrogen) atoms. The molecule has 1 aromatic carbocycles. The first-order chi connectivity index (χ1) is 10.7. The minimum Gasteiger partial charge on any atom is -0.497 e. The number of carbonyl (C=O) groups excluding carboxylic acids is 1. The van der Waals surface area contributed by atoms with E-state index in [0.29, 0.717) is 6.54 Å². The summed E-state index contributed by atoms with van der Waals surface area (Å²) < 4.78 is 12.4. The molecule has 2 rings (SSSR count). The van der Waals surface area contributed by atoms with Gasteiger partial charge in [-0.25, -0.2) is 4.79 Å². The molecule has 0 spiro atoms. The van der Waals surface area contributed by atoms with Gasteiger partial charge in [-0.1, -0.05) is 0 Å². The van der Waals surface area contributed by atoms with Gasteiger partial charge in [0.2, 0.25) is 0 Å². The van der Waals surface area contributed by atoms with Crippen LogP contribution >= 0.6 is 0 Å². The van der Waals surface area contributed by atoms with Crippen LogP contribution in [0.4, 0.5) is 4.79 Å². The molecule has 1 aromatic heterocycles. The molecule has 6 heteroatoms. The topological polar surface area (TPSA) is 65.4 Å². The van der Waals surface area contributed by atoms with Crippen LogP contribution in [0.15, 0.2) is 18.2 Å². The zero-order valence-corrected chi connectivity index (χ0v) is 14.6. The third-order valence-corrected chi connectivity index (χ3v) is 3.35. The first-order valence-electron chi connectivity index (χ1n) is 7.70. The molecular formula is C17H25N3O3. The van der Waals surface area contributed by atoms with Crippen molar-refractivity contribution in [3.8, 4) is 5.75 Å². The number of carbonyl (C=O) groups is 1. The average molecular weight is 319 g/mol. The smallest absolute Gasteiger partial charge is 0.407 e. The van der Waals surface area contributed by atoms with Crippen LogP contribution in [-0.2, 0) is 11.3 Å². The molecule has 0 aliphatic heterocycles. The van der Waals surface area contributed by atoms with Gasteiger partial charge in [0, 0.05) is 17.5 Å². The first-order valence-corrected chi connectivity index (χ1v) is 7.70. The highest BCUT2D eigenvalue weighted by atomic mass is 16.6. The van der Waals surface area contributed by atoms with Crippen LogP contribution in [-0.4, -0.2) is 34.6 Å². The van der Waals surface area contributed by atoms with E-state index in [4.69, 9.17) is 9.47 Å². The van der Waals surface area contributed by atoms with Gasteiger partial charge in [0.25, 0.3) is 0 Å². The third-order valence-electron chi connectivity index (χ3n) is 3.35. The summed E-state index contributed by atoms with van der Waals surface area (Å²) >= 11 is 0. The zero-order chi connectivity index (χ0) is 17.2. The van der Waals surface area contributed by atoms with E-state index in [1.54, 1.807) is 7.11 Å². The standard InChI is InChI=1S/C17H25N3O3/c1-11(18-16(21)23-17(3,4)5)10-20-15-9-13(22-6)7-8-14(15)12(2)19-20/h7-9,11H,10H2,1-6H3,(H,18,21). The number of hydrogen-bond donors (Lipinski definition) is 1. The number of ether oxygens (including phenoxy) is 2. The first kappa shape index (κ1) is 17.1. The van der Waals surface area contributed by atoms with E-state index in [9.17, 15) is 4.79 Å². The normalized spacial score (nSPS) is 13.0. The van der Waals surface area contributed by atoms with Crippen molar-refractivity contribution in [2.75, 3.05) is 7.11 Å². The Kier molecular flexibility index (Phi) is 4.82. The van der Waals surface area contributed by atoms with Crippen molar-refractivity contribution in [3.05, 3.63) is 23.9 Å². The fourth-order valence-corrected chi connectivity index (χ4v) is 2.40. The molecular weight excluding hydrogens is 294 g/mol. The number of nitrogens with one attached hydrogen (secondary N) is 1. The summed E-state index contributed by atoms with van der Waals surface area (Å²) in [5, 5.41) is 8.47. The predicted octanol–water partition coefficient (Wildman–Crippen LogP) is 3.27. The number of fused-ring (bicyclic) bond motifs is 1. The lowest BCUT2D eigenvalue weighted by Gasteiger charge is -2.22. The van der Waals surface area contributed by atoms with E-state index in [2.05, 4.69) is 10.4 Å². The van der Waals surface area contributed by atoms with Crippen LogP contribution < -0.4 is 10.1 Å². The van der Waals surface area contributed by atoms with E-state index in [0.717, 1.165) is 22.3 Å². The summed E-state index contributed by atoms with van der Waals surface area (Å²) in [6.45, 7) is 9.97. The second-order valence-corrected chi connectivity index (χ2v) is 6.70. The number of amides is 1. The van der Waals surface area contributed by atoms with Crippen LogP contribution in [0.2, 0.25) is 0 Å². The molecule has 0 aliphatic rings. The number of aryl methyl sites for hydroxylation is 1. The Bertz CT molecular complexity index is 701.